The second kappa shape index (κ2) is 6.80. The van der Waals surface area contributed by atoms with Crippen LogP contribution in [0.4, 0.5) is 13.2 Å². The van der Waals surface area contributed by atoms with E-state index in [0.29, 0.717) is 5.56 Å². The highest BCUT2D eigenvalue weighted by atomic mass is 19.2. The zero-order valence-electron chi connectivity index (χ0n) is 11.2. The number of phenolic OH excluding ortho intramolecular Hbond substituents is 1. The monoisotopic (exact) mass is 308 g/mol. The Morgan fingerprint density at radius 3 is 2.59 bits per heavy atom. The summed E-state index contributed by atoms with van der Waals surface area (Å²) in [4.78, 5) is 11.5. The van der Waals surface area contributed by atoms with Crippen LogP contribution in [0.25, 0.3) is 6.08 Å². The van der Waals surface area contributed by atoms with Crippen molar-refractivity contribution in [1.29, 1.82) is 0 Å². The molecule has 0 spiro atoms. The maximum atomic E-state index is 13.7. The molecule has 0 aliphatic carbocycles. The Hall–Kier alpha value is -2.76. The Bertz CT molecular complexity index is 714. The van der Waals surface area contributed by atoms with Crippen LogP contribution >= 0.6 is 0 Å². The average molecular weight is 308 g/mol. The van der Waals surface area contributed by atoms with E-state index in [2.05, 4.69) is 4.74 Å². The summed E-state index contributed by atoms with van der Waals surface area (Å²) in [6.45, 7) is 0. The molecule has 3 nitrogen and oxygen atoms in total. The first-order valence-corrected chi connectivity index (χ1v) is 6.23. The van der Waals surface area contributed by atoms with Gasteiger partial charge in [-0.1, -0.05) is 24.3 Å². The molecule has 1 unspecified atom stereocenters. The predicted octanol–water partition coefficient (Wildman–Crippen LogP) is 3.90. The minimum Gasteiger partial charge on any atom is -0.507 e. The van der Waals surface area contributed by atoms with Crippen LogP contribution in [-0.2, 0) is 9.53 Å². The number of rotatable bonds is 4. The van der Waals surface area contributed by atoms with E-state index in [1.807, 2.05) is 0 Å². The molecule has 0 saturated carbocycles. The third-order valence-corrected chi connectivity index (χ3v) is 2.78. The van der Waals surface area contributed by atoms with Crippen molar-refractivity contribution < 1.29 is 27.8 Å². The van der Waals surface area contributed by atoms with Gasteiger partial charge in [-0.05, 0) is 24.3 Å². The smallest absolute Gasteiger partial charge is 0.333 e. The van der Waals surface area contributed by atoms with Gasteiger partial charge < -0.3 is 9.84 Å². The number of hydrogen-bond acceptors (Lipinski definition) is 3. The maximum absolute atomic E-state index is 13.7. The fourth-order valence-electron chi connectivity index (χ4n) is 1.69. The van der Waals surface area contributed by atoms with Crippen LogP contribution in [0.3, 0.4) is 0 Å². The molecule has 114 valence electrons. The third-order valence-electron chi connectivity index (χ3n) is 2.78. The molecule has 2 rings (SSSR count). The van der Waals surface area contributed by atoms with Crippen molar-refractivity contribution in [3.05, 3.63) is 71.3 Å². The Morgan fingerprint density at radius 2 is 1.86 bits per heavy atom. The minimum atomic E-state index is -2.43. The van der Waals surface area contributed by atoms with Crippen molar-refractivity contribution in [2.75, 3.05) is 0 Å². The van der Waals surface area contributed by atoms with Crippen LogP contribution < -0.4 is 0 Å². The fourth-order valence-corrected chi connectivity index (χ4v) is 1.69. The fraction of sp³-hybridized carbons (Fsp3) is 0.0625. The number of ether oxygens (including phenoxy) is 1. The highest BCUT2D eigenvalue weighted by Crippen LogP contribution is 2.24. The van der Waals surface area contributed by atoms with Crippen LogP contribution in [0.1, 0.15) is 17.5 Å². The molecule has 0 aliphatic rings. The van der Waals surface area contributed by atoms with Gasteiger partial charge in [-0.3, -0.25) is 0 Å². The Balaban J connectivity index is 2.06. The normalized spacial score (nSPS) is 12.3. The van der Waals surface area contributed by atoms with Crippen LogP contribution in [0.15, 0.2) is 48.5 Å². The molecular weight excluding hydrogens is 297 g/mol. The summed E-state index contributed by atoms with van der Waals surface area (Å²) in [5, 5.41) is 9.48. The van der Waals surface area contributed by atoms with Gasteiger partial charge in [0.25, 0.3) is 6.36 Å². The number of phenols is 1. The molecule has 0 radical (unpaired) electrons. The number of carbonyl (C=O) groups is 1. The molecule has 22 heavy (non-hydrogen) atoms. The molecule has 0 aliphatic heterocycles. The van der Waals surface area contributed by atoms with Crippen molar-refractivity contribution in [2.24, 2.45) is 0 Å². The zero-order valence-corrected chi connectivity index (χ0v) is 11.2. The van der Waals surface area contributed by atoms with E-state index < -0.39 is 29.5 Å². The lowest BCUT2D eigenvalue weighted by molar-refractivity contribution is -0.152. The highest BCUT2D eigenvalue weighted by Gasteiger charge is 2.20. The number of halogens is 3. The number of esters is 1. The molecule has 0 aromatic heterocycles. The largest absolute Gasteiger partial charge is 0.507 e. The number of carbonyl (C=O) groups excluding carboxylic acids is 1. The van der Waals surface area contributed by atoms with E-state index in [1.54, 1.807) is 12.1 Å². The van der Waals surface area contributed by atoms with Crippen LogP contribution in [0.5, 0.6) is 5.75 Å². The van der Waals surface area contributed by atoms with Gasteiger partial charge in [-0.15, -0.1) is 0 Å². The van der Waals surface area contributed by atoms with Crippen molar-refractivity contribution in [3.8, 4) is 5.75 Å². The van der Waals surface area contributed by atoms with E-state index in [9.17, 15) is 23.1 Å². The van der Waals surface area contributed by atoms with E-state index in [4.69, 9.17) is 0 Å². The standard InChI is InChI=1S/C16H11F3O3/c17-12-6-3-5-11(15(12)18)16(19)22-14(21)9-8-10-4-1-2-7-13(10)20/h1-9,16,20H. The summed E-state index contributed by atoms with van der Waals surface area (Å²) >= 11 is 0. The van der Waals surface area contributed by atoms with E-state index >= 15 is 0 Å². The highest BCUT2D eigenvalue weighted by molar-refractivity contribution is 5.87. The Labute approximate surface area is 124 Å². The number of para-hydroxylation sites is 1. The van der Waals surface area contributed by atoms with Crippen molar-refractivity contribution in [1.82, 2.24) is 0 Å². The second-order valence-corrected chi connectivity index (χ2v) is 4.29. The first kappa shape index (κ1) is 15.6. The SMILES string of the molecule is O=C(C=Cc1ccccc1O)OC(F)c1cccc(F)c1F. The Morgan fingerprint density at radius 1 is 1.14 bits per heavy atom. The first-order valence-electron chi connectivity index (χ1n) is 6.23. The lowest BCUT2D eigenvalue weighted by Crippen LogP contribution is -2.07. The van der Waals surface area contributed by atoms with Gasteiger partial charge in [0, 0.05) is 11.6 Å². The summed E-state index contributed by atoms with van der Waals surface area (Å²) < 4.78 is 44.4. The lowest BCUT2D eigenvalue weighted by atomic mass is 10.2. The van der Waals surface area contributed by atoms with Crippen LogP contribution in [0, 0.1) is 11.6 Å². The predicted molar refractivity (Wildman–Crippen MR) is 73.4 cm³/mol. The van der Waals surface area contributed by atoms with Gasteiger partial charge >= 0.3 is 5.97 Å². The van der Waals surface area contributed by atoms with Crippen molar-refractivity contribution >= 4 is 12.0 Å². The zero-order chi connectivity index (χ0) is 16.1. The molecule has 2 aromatic carbocycles. The van der Waals surface area contributed by atoms with Crippen LogP contribution in [0.2, 0.25) is 0 Å². The average Bonchev–Trinajstić information content (AvgIpc) is 2.49. The summed E-state index contributed by atoms with van der Waals surface area (Å²) in [6.07, 6.45) is -0.345. The molecule has 2 aromatic rings. The van der Waals surface area contributed by atoms with Gasteiger partial charge in [0.05, 0.1) is 5.56 Å². The molecule has 0 fully saturated rings. The van der Waals surface area contributed by atoms with Gasteiger partial charge in [0.2, 0.25) is 0 Å². The van der Waals surface area contributed by atoms with Crippen LogP contribution in [-0.4, -0.2) is 11.1 Å². The number of alkyl halides is 1. The number of aromatic hydroxyl groups is 1. The maximum Gasteiger partial charge on any atom is 0.333 e. The number of benzene rings is 2. The molecule has 1 N–H and O–H groups in total. The van der Waals surface area contributed by atoms with Gasteiger partial charge in [-0.25, -0.2) is 13.6 Å². The molecule has 6 heteroatoms. The lowest BCUT2D eigenvalue weighted by Gasteiger charge is -2.09. The van der Waals surface area contributed by atoms with E-state index in [-0.39, 0.29) is 5.75 Å². The first-order chi connectivity index (χ1) is 10.5. The van der Waals surface area contributed by atoms with Gasteiger partial charge in [0.15, 0.2) is 11.6 Å². The summed E-state index contributed by atoms with van der Waals surface area (Å²) in [5.41, 5.74) is -0.379. The Kier molecular flexibility index (Phi) is 4.83. The molecule has 0 saturated heterocycles. The summed E-state index contributed by atoms with van der Waals surface area (Å²) in [6, 6.07) is 9.06. The van der Waals surface area contributed by atoms with Gasteiger partial charge in [0.1, 0.15) is 5.75 Å². The topological polar surface area (TPSA) is 46.5 Å². The third kappa shape index (κ3) is 3.66. The summed E-state index contributed by atoms with van der Waals surface area (Å²) in [7, 11) is 0. The number of hydrogen-bond donors (Lipinski definition) is 1. The quantitative estimate of drug-likeness (QED) is 0.688. The van der Waals surface area contributed by atoms with E-state index in [1.165, 1.54) is 18.2 Å². The van der Waals surface area contributed by atoms with E-state index in [0.717, 1.165) is 24.3 Å². The molecule has 0 heterocycles. The molecular formula is C16H11F3O3. The van der Waals surface area contributed by atoms with Crippen molar-refractivity contribution in [3.63, 3.8) is 0 Å². The molecule has 1 atom stereocenters. The second-order valence-electron chi connectivity index (χ2n) is 4.29. The molecule has 0 bridgehead atoms. The minimum absolute atomic E-state index is 0.0699. The summed E-state index contributed by atoms with van der Waals surface area (Å²) in [5.74, 6) is -3.81. The molecule has 0 amide bonds. The van der Waals surface area contributed by atoms with Gasteiger partial charge in [-0.2, -0.15) is 4.39 Å². The van der Waals surface area contributed by atoms with Crippen molar-refractivity contribution in [2.45, 2.75) is 6.36 Å².